The Labute approximate surface area is 166 Å². The van der Waals surface area contributed by atoms with Gasteiger partial charge in [0.05, 0.1) is 23.8 Å². The maximum atomic E-state index is 12.8. The zero-order valence-corrected chi connectivity index (χ0v) is 16.9. The van der Waals surface area contributed by atoms with E-state index < -0.39 is 0 Å². The molecule has 1 aliphatic rings. The number of morpholine rings is 1. The molecule has 1 saturated heterocycles. The van der Waals surface area contributed by atoms with Crippen LogP contribution in [-0.2, 0) is 11.8 Å². The Balaban J connectivity index is 1.58. The maximum Gasteiger partial charge on any atom is 0.265 e. The Morgan fingerprint density at radius 3 is 2.68 bits per heavy atom. The second-order valence-electron chi connectivity index (χ2n) is 6.88. The van der Waals surface area contributed by atoms with Crippen LogP contribution in [0.5, 0.6) is 0 Å². The van der Waals surface area contributed by atoms with E-state index in [0.29, 0.717) is 42.4 Å². The van der Waals surface area contributed by atoms with E-state index >= 15 is 0 Å². The summed E-state index contributed by atoms with van der Waals surface area (Å²) in [7, 11) is 1.87. The highest BCUT2D eigenvalue weighted by Crippen LogP contribution is 2.29. The first-order valence-electron chi connectivity index (χ1n) is 9.17. The first-order valence-corrected chi connectivity index (χ1v) is 9.98. The largest absolute Gasteiger partial charge is 0.378 e. The molecule has 0 radical (unpaired) electrons. The van der Waals surface area contributed by atoms with Gasteiger partial charge in [0.25, 0.3) is 11.8 Å². The van der Waals surface area contributed by atoms with Gasteiger partial charge in [-0.25, -0.2) is 0 Å². The van der Waals surface area contributed by atoms with Gasteiger partial charge >= 0.3 is 0 Å². The molecule has 3 heterocycles. The smallest absolute Gasteiger partial charge is 0.265 e. The summed E-state index contributed by atoms with van der Waals surface area (Å²) >= 11 is 1.41. The SMILES string of the molecule is Cc1c(NC(=O)c2cc3c(C)nn(C)c3s2)cccc1C(=O)N1CCOCC1. The summed E-state index contributed by atoms with van der Waals surface area (Å²) < 4.78 is 7.11. The molecule has 2 amide bonds. The predicted molar refractivity (Wildman–Crippen MR) is 109 cm³/mol. The number of nitrogens with zero attached hydrogens (tertiary/aromatic N) is 3. The number of thiophene rings is 1. The minimum Gasteiger partial charge on any atom is -0.378 e. The van der Waals surface area contributed by atoms with Crippen molar-refractivity contribution in [3.63, 3.8) is 0 Å². The molecule has 0 bridgehead atoms. The molecule has 4 rings (SSSR count). The number of carbonyl (C=O) groups excluding carboxylic acids is 2. The minimum absolute atomic E-state index is 0.0274. The van der Waals surface area contributed by atoms with Crippen LogP contribution in [0, 0.1) is 13.8 Å². The summed E-state index contributed by atoms with van der Waals surface area (Å²) in [6.45, 7) is 6.08. The zero-order chi connectivity index (χ0) is 19.8. The summed E-state index contributed by atoms with van der Waals surface area (Å²) in [6.07, 6.45) is 0. The van der Waals surface area contributed by atoms with Crippen LogP contribution < -0.4 is 5.32 Å². The number of aromatic nitrogens is 2. The standard InChI is InChI=1S/C20H22N4O3S/c1-12-14(19(26)24-7-9-27-10-8-24)5-4-6-16(12)21-18(25)17-11-15-13(2)22-23(3)20(15)28-17/h4-6,11H,7-10H2,1-3H3,(H,21,25). The van der Waals surface area contributed by atoms with Crippen molar-refractivity contribution in [1.29, 1.82) is 0 Å². The first kappa shape index (κ1) is 18.6. The molecule has 0 atom stereocenters. The number of nitrogens with one attached hydrogen (secondary N) is 1. The van der Waals surface area contributed by atoms with Crippen LogP contribution in [0.1, 0.15) is 31.3 Å². The summed E-state index contributed by atoms with van der Waals surface area (Å²) in [5.74, 6) is -0.208. The van der Waals surface area contributed by atoms with E-state index in [9.17, 15) is 9.59 Å². The van der Waals surface area contributed by atoms with Gasteiger partial charge in [-0.2, -0.15) is 5.10 Å². The molecule has 146 valence electrons. The first-order chi connectivity index (χ1) is 13.5. The van der Waals surface area contributed by atoms with Crippen LogP contribution in [-0.4, -0.2) is 52.8 Å². The molecule has 7 nitrogen and oxygen atoms in total. The summed E-state index contributed by atoms with van der Waals surface area (Å²) in [5, 5.41) is 8.32. The molecule has 1 aromatic carbocycles. The predicted octanol–water partition coefficient (Wildman–Crippen LogP) is 2.98. The Hall–Kier alpha value is -2.71. The van der Waals surface area contributed by atoms with E-state index in [0.717, 1.165) is 21.5 Å². The zero-order valence-electron chi connectivity index (χ0n) is 16.1. The summed E-state index contributed by atoms with van der Waals surface area (Å²) in [6, 6.07) is 7.30. The number of amides is 2. The summed E-state index contributed by atoms with van der Waals surface area (Å²) in [4.78, 5) is 29.0. The number of aryl methyl sites for hydroxylation is 2. The highest BCUT2D eigenvalue weighted by molar-refractivity contribution is 7.20. The van der Waals surface area contributed by atoms with Crippen LogP contribution in [0.25, 0.3) is 10.2 Å². The fourth-order valence-corrected chi connectivity index (χ4v) is 4.46. The van der Waals surface area contributed by atoms with E-state index in [4.69, 9.17) is 4.74 Å². The van der Waals surface area contributed by atoms with Crippen LogP contribution in [0.4, 0.5) is 5.69 Å². The summed E-state index contributed by atoms with van der Waals surface area (Å²) in [5.41, 5.74) is 2.93. The minimum atomic E-state index is -0.181. The van der Waals surface area contributed by atoms with Gasteiger partial charge in [0, 0.05) is 36.8 Å². The molecule has 0 spiro atoms. The molecule has 28 heavy (non-hydrogen) atoms. The van der Waals surface area contributed by atoms with Gasteiger partial charge in [-0.15, -0.1) is 11.3 Å². The average molecular weight is 398 g/mol. The van der Waals surface area contributed by atoms with Crippen molar-refractivity contribution in [2.24, 2.45) is 7.05 Å². The number of hydrogen-bond acceptors (Lipinski definition) is 5. The third-order valence-corrected chi connectivity index (χ3v) is 6.23. The second-order valence-corrected chi connectivity index (χ2v) is 7.91. The Morgan fingerprint density at radius 1 is 1.21 bits per heavy atom. The quantitative estimate of drug-likeness (QED) is 0.736. The molecule has 2 aromatic heterocycles. The fraction of sp³-hybridized carbons (Fsp3) is 0.350. The van der Waals surface area contributed by atoms with Crippen molar-refractivity contribution in [3.8, 4) is 0 Å². The lowest BCUT2D eigenvalue weighted by molar-refractivity contribution is 0.0302. The van der Waals surface area contributed by atoms with Crippen molar-refractivity contribution >= 4 is 39.1 Å². The maximum absolute atomic E-state index is 12.8. The van der Waals surface area contributed by atoms with Gasteiger partial charge < -0.3 is 15.0 Å². The van der Waals surface area contributed by atoms with Crippen molar-refractivity contribution in [3.05, 3.63) is 46.0 Å². The monoisotopic (exact) mass is 398 g/mol. The van der Waals surface area contributed by atoms with Gasteiger partial charge in [-0.05, 0) is 37.6 Å². The molecule has 3 aromatic rings. The topological polar surface area (TPSA) is 76.5 Å². The van der Waals surface area contributed by atoms with Crippen LogP contribution >= 0.6 is 11.3 Å². The molecule has 1 aliphatic heterocycles. The number of rotatable bonds is 3. The highest BCUT2D eigenvalue weighted by Gasteiger charge is 2.22. The lowest BCUT2D eigenvalue weighted by atomic mass is 10.0. The fourth-order valence-electron chi connectivity index (χ4n) is 3.44. The molecule has 0 saturated carbocycles. The van der Waals surface area contributed by atoms with E-state index in [1.807, 2.05) is 33.0 Å². The van der Waals surface area contributed by atoms with Crippen molar-refractivity contribution in [1.82, 2.24) is 14.7 Å². The van der Waals surface area contributed by atoms with E-state index in [-0.39, 0.29) is 11.8 Å². The molecule has 8 heteroatoms. The average Bonchev–Trinajstić information content (AvgIpc) is 3.25. The third kappa shape index (κ3) is 3.29. The number of fused-ring (bicyclic) bond motifs is 1. The van der Waals surface area contributed by atoms with E-state index in [2.05, 4.69) is 10.4 Å². The molecule has 1 N–H and O–H groups in total. The van der Waals surface area contributed by atoms with Gasteiger partial charge in [0.15, 0.2) is 0 Å². The molecule has 0 unspecified atom stereocenters. The lowest BCUT2D eigenvalue weighted by Gasteiger charge is -2.27. The molecular formula is C20H22N4O3S. The van der Waals surface area contributed by atoms with Crippen molar-refractivity contribution in [2.45, 2.75) is 13.8 Å². The van der Waals surface area contributed by atoms with Gasteiger partial charge in [0.2, 0.25) is 0 Å². The van der Waals surface area contributed by atoms with E-state index in [1.54, 1.807) is 21.7 Å². The lowest BCUT2D eigenvalue weighted by Crippen LogP contribution is -2.41. The number of ether oxygens (including phenoxy) is 1. The second kappa shape index (κ2) is 7.37. The van der Waals surface area contributed by atoms with Crippen molar-refractivity contribution < 1.29 is 14.3 Å². The number of carbonyl (C=O) groups is 2. The van der Waals surface area contributed by atoms with Gasteiger partial charge in [0.1, 0.15) is 4.83 Å². The third-order valence-electron chi connectivity index (χ3n) is 5.03. The Kier molecular flexibility index (Phi) is 4.91. The molecular weight excluding hydrogens is 376 g/mol. The molecule has 1 fully saturated rings. The van der Waals surface area contributed by atoms with Gasteiger partial charge in [-0.3, -0.25) is 14.3 Å². The van der Waals surface area contributed by atoms with Crippen molar-refractivity contribution in [2.75, 3.05) is 31.6 Å². The highest BCUT2D eigenvalue weighted by atomic mass is 32.1. The van der Waals surface area contributed by atoms with Gasteiger partial charge in [-0.1, -0.05) is 6.07 Å². The normalized spacial score (nSPS) is 14.5. The molecule has 0 aliphatic carbocycles. The number of benzene rings is 1. The Bertz CT molecular complexity index is 1030. The number of hydrogen-bond donors (Lipinski definition) is 1. The van der Waals surface area contributed by atoms with E-state index in [1.165, 1.54) is 11.3 Å². The van der Waals surface area contributed by atoms with Crippen LogP contribution in [0.2, 0.25) is 0 Å². The van der Waals surface area contributed by atoms with Crippen LogP contribution in [0.15, 0.2) is 24.3 Å². The number of anilines is 1. The van der Waals surface area contributed by atoms with Crippen LogP contribution in [0.3, 0.4) is 0 Å². The Morgan fingerprint density at radius 2 is 1.96 bits per heavy atom.